The fraction of sp³-hybridized carbons (Fsp3) is 0.333. The smallest absolute Gasteiger partial charge is 0.310 e. The van der Waals surface area contributed by atoms with Gasteiger partial charge in [-0.1, -0.05) is 11.6 Å². The Morgan fingerprint density at radius 1 is 1.67 bits per heavy atom. The zero-order valence-electron chi connectivity index (χ0n) is 9.02. The molecule has 0 unspecified atom stereocenters. The molecule has 0 radical (unpaired) electrons. The molecule has 0 N–H and O–H groups in total. The van der Waals surface area contributed by atoms with Gasteiger partial charge in [-0.25, -0.2) is 13.8 Å². The minimum Gasteiger partial charge on any atom is -0.469 e. The molecule has 0 amide bonds. The molecule has 0 fully saturated rings. The minimum atomic E-state index is -2.99. The Bertz CT molecular complexity index is 496. The lowest BCUT2D eigenvalue weighted by Gasteiger charge is -2.08. The number of methoxy groups -OCH3 is 1. The lowest BCUT2D eigenvalue weighted by molar-refractivity contribution is -0.385. The first-order valence-electron chi connectivity index (χ1n) is 4.55. The Morgan fingerprint density at radius 2 is 2.28 bits per heavy atom. The summed E-state index contributed by atoms with van der Waals surface area (Å²) >= 11 is 5.60. The number of halogens is 3. The van der Waals surface area contributed by atoms with Gasteiger partial charge >= 0.3 is 5.97 Å². The molecular formula is C9H7ClF2N2O4. The molecule has 1 aromatic rings. The molecule has 98 valence electrons. The zero-order valence-corrected chi connectivity index (χ0v) is 9.78. The van der Waals surface area contributed by atoms with Crippen molar-refractivity contribution < 1.29 is 23.2 Å². The highest BCUT2D eigenvalue weighted by molar-refractivity contribution is 6.32. The monoisotopic (exact) mass is 280 g/mol. The third-order valence-corrected chi connectivity index (χ3v) is 2.50. The number of esters is 1. The maximum Gasteiger partial charge on any atom is 0.310 e. The van der Waals surface area contributed by atoms with Crippen LogP contribution in [-0.2, 0) is 16.0 Å². The summed E-state index contributed by atoms with van der Waals surface area (Å²) in [5.41, 5.74) is -1.74. The second-order valence-electron chi connectivity index (χ2n) is 3.13. The van der Waals surface area contributed by atoms with Crippen LogP contribution in [-0.4, -0.2) is 23.0 Å². The van der Waals surface area contributed by atoms with E-state index >= 15 is 0 Å². The number of aromatic nitrogens is 1. The van der Waals surface area contributed by atoms with Crippen LogP contribution >= 0.6 is 11.6 Å². The zero-order chi connectivity index (χ0) is 13.9. The molecule has 1 aromatic heterocycles. The highest BCUT2D eigenvalue weighted by Crippen LogP contribution is 2.33. The predicted molar refractivity (Wildman–Crippen MR) is 56.6 cm³/mol. The highest BCUT2D eigenvalue weighted by atomic mass is 35.5. The van der Waals surface area contributed by atoms with Crippen LogP contribution in [0.2, 0.25) is 5.02 Å². The van der Waals surface area contributed by atoms with Crippen LogP contribution in [0.15, 0.2) is 6.20 Å². The van der Waals surface area contributed by atoms with Gasteiger partial charge in [-0.05, 0) is 0 Å². The molecule has 9 heteroatoms. The molecule has 0 bridgehead atoms. The summed E-state index contributed by atoms with van der Waals surface area (Å²) in [6.07, 6.45) is -2.92. The lowest BCUT2D eigenvalue weighted by atomic mass is 10.1. The molecule has 0 saturated heterocycles. The van der Waals surface area contributed by atoms with Gasteiger partial charge in [0.2, 0.25) is 0 Å². The molecule has 18 heavy (non-hydrogen) atoms. The molecule has 0 aliphatic rings. The summed E-state index contributed by atoms with van der Waals surface area (Å²) in [5, 5.41) is 10.1. The van der Waals surface area contributed by atoms with Crippen molar-refractivity contribution >= 4 is 23.3 Å². The van der Waals surface area contributed by atoms with Crippen molar-refractivity contribution in [2.24, 2.45) is 0 Å². The van der Waals surface area contributed by atoms with Crippen molar-refractivity contribution in [2.45, 2.75) is 12.8 Å². The van der Waals surface area contributed by atoms with Gasteiger partial charge in [-0.15, -0.1) is 0 Å². The number of nitrogens with zero attached hydrogens (tertiary/aromatic N) is 2. The summed E-state index contributed by atoms with van der Waals surface area (Å²) in [6.45, 7) is 0. The third-order valence-electron chi connectivity index (χ3n) is 2.08. The number of hydrogen-bond acceptors (Lipinski definition) is 5. The molecular weight excluding hydrogens is 274 g/mol. The Hall–Kier alpha value is -1.83. The predicted octanol–water partition coefficient (Wildman–Crippen LogP) is 2.30. The van der Waals surface area contributed by atoms with Crippen LogP contribution in [0.25, 0.3) is 0 Å². The Morgan fingerprint density at radius 3 is 2.72 bits per heavy atom. The van der Waals surface area contributed by atoms with E-state index in [0.717, 1.165) is 7.11 Å². The Balaban J connectivity index is 3.35. The molecule has 6 nitrogen and oxygen atoms in total. The van der Waals surface area contributed by atoms with Gasteiger partial charge < -0.3 is 4.74 Å². The first-order chi connectivity index (χ1) is 8.38. The van der Waals surface area contributed by atoms with E-state index in [4.69, 9.17) is 11.6 Å². The van der Waals surface area contributed by atoms with E-state index in [-0.39, 0.29) is 5.56 Å². The summed E-state index contributed by atoms with van der Waals surface area (Å²) < 4.78 is 29.4. The molecule has 1 rings (SSSR count). The molecule has 0 saturated carbocycles. The normalized spacial score (nSPS) is 10.5. The number of carbonyl (C=O) groups is 1. The van der Waals surface area contributed by atoms with Gasteiger partial charge in [-0.3, -0.25) is 14.9 Å². The number of ether oxygens (including phenoxy) is 1. The average molecular weight is 281 g/mol. The van der Waals surface area contributed by atoms with E-state index in [1.54, 1.807) is 0 Å². The van der Waals surface area contributed by atoms with Crippen molar-refractivity contribution in [3.63, 3.8) is 0 Å². The molecule has 0 aliphatic heterocycles. The largest absolute Gasteiger partial charge is 0.469 e. The molecule has 0 spiro atoms. The summed E-state index contributed by atoms with van der Waals surface area (Å²) in [5.74, 6) is -0.827. The molecule has 0 aliphatic carbocycles. The number of pyridine rings is 1. The van der Waals surface area contributed by atoms with Crippen molar-refractivity contribution in [1.82, 2.24) is 4.98 Å². The Labute approximate surface area is 105 Å². The summed E-state index contributed by atoms with van der Waals surface area (Å²) in [6, 6.07) is 0. The van der Waals surface area contributed by atoms with E-state index in [9.17, 15) is 23.7 Å². The standard InChI is InChI=1S/C9H7ClF2N2O4/c1-18-6(15)2-4-5(14(16)17)3-13-8(7(4)10)9(11)12/h3,9H,2H2,1H3. The van der Waals surface area contributed by atoms with Gasteiger partial charge in [0.05, 0.1) is 29.0 Å². The van der Waals surface area contributed by atoms with Crippen LogP contribution in [0.5, 0.6) is 0 Å². The van der Waals surface area contributed by atoms with E-state index in [2.05, 4.69) is 9.72 Å². The van der Waals surface area contributed by atoms with Crippen LogP contribution < -0.4 is 0 Å². The second-order valence-corrected chi connectivity index (χ2v) is 3.51. The van der Waals surface area contributed by atoms with Crippen LogP contribution in [0.4, 0.5) is 14.5 Å². The fourth-order valence-electron chi connectivity index (χ4n) is 1.23. The molecule has 0 aromatic carbocycles. The number of alkyl halides is 2. The SMILES string of the molecule is COC(=O)Cc1c([N+](=O)[O-])cnc(C(F)F)c1Cl. The van der Waals surface area contributed by atoms with Crippen LogP contribution in [0.3, 0.4) is 0 Å². The van der Waals surface area contributed by atoms with E-state index < -0.39 is 40.1 Å². The van der Waals surface area contributed by atoms with Gasteiger partial charge in [0.25, 0.3) is 12.1 Å². The first kappa shape index (κ1) is 14.2. The summed E-state index contributed by atoms with van der Waals surface area (Å²) in [7, 11) is 1.07. The van der Waals surface area contributed by atoms with Crippen molar-refractivity contribution in [1.29, 1.82) is 0 Å². The van der Waals surface area contributed by atoms with Crippen LogP contribution in [0, 0.1) is 10.1 Å². The fourth-order valence-corrected chi connectivity index (χ4v) is 1.52. The van der Waals surface area contributed by atoms with Gasteiger partial charge in [-0.2, -0.15) is 0 Å². The van der Waals surface area contributed by atoms with Crippen molar-refractivity contribution in [3.8, 4) is 0 Å². The van der Waals surface area contributed by atoms with E-state index in [1.807, 2.05) is 0 Å². The number of hydrogen-bond donors (Lipinski definition) is 0. The maximum absolute atomic E-state index is 12.5. The first-order valence-corrected chi connectivity index (χ1v) is 4.92. The second kappa shape index (κ2) is 5.67. The van der Waals surface area contributed by atoms with E-state index in [0.29, 0.717) is 6.20 Å². The van der Waals surface area contributed by atoms with Gasteiger partial charge in [0.15, 0.2) is 0 Å². The number of nitro groups is 1. The van der Waals surface area contributed by atoms with Crippen molar-refractivity contribution in [2.75, 3.05) is 7.11 Å². The number of rotatable bonds is 4. The number of carbonyl (C=O) groups excluding carboxylic acids is 1. The lowest BCUT2D eigenvalue weighted by Crippen LogP contribution is -2.09. The molecule has 1 heterocycles. The summed E-state index contributed by atoms with van der Waals surface area (Å²) in [4.78, 5) is 24.1. The quantitative estimate of drug-likeness (QED) is 0.480. The Kier molecular flexibility index (Phi) is 4.49. The topological polar surface area (TPSA) is 82.3 Å². The van der Waals surface area contributed by atoms with Crippen molar-refractivity contribution in [3.05, 3.63) is 32.6 Å². The van der Waals surface area contributed by atoms with E-state index in [1.165, 1.54) is 0 Å². The van der Waals surface area contributed by atoms with Crippen LogP contribution in [0.1, 0.15) is 17.7 Å². The highest BCUT2D eigenvalue weighted by Gasteiger charge is 2.26. The average Bonchev–Trinajstić information content (AvgIpc) is 2.30. The maximum atomic E-state index is 12.5. The third kappa shape index (κ3) is 2.89. The minimum absolute atomic E-state index is 0.334. The molecule has 0 atom stereocenters. The van der Waals surface area contributed by atoms with Gasteiger partial charge in [0, 0.05) is 0 Å². The van der Waals surface area contributed by atoms with Gasteiger partial charge in [0.1, 0.15) is 11.9 Å².